The molecule has 0 aliphatic carbocycles. The zero-order chi connectivity index (χ0) is 15.2. The fraction of sp³-hybridized carbons (Fsp3) is 0.364. The minimum Gasteiger partial charge on any atom is -0.368 e. The Morgan fingerprint density at radius 1 is 1.50 bits per heavy atom. The van der Waals surface area contributed by atoms with Crippen LogP contribution in [0.5, 0.6) is 0 Å². The highest BCUT2D eigenvalue weighted by Gasteiger charge is 2.31. The highest BCUT2D eigenvalue weighted by molar-refractivity contribution is 5.81. The molecular weight excluding hydrogens is 275 g/mol. The number of amides is 1. The van der Waals surface area contributed by atoms with Crippen molar-refractivity contribution in [1.82, 2.24) is 5.32 Å². The number of alkyl halides is 3. The van der Waals surface area contributed by atoms with Crippen LogP contribution in [0.3, 0.4) is 0 Å². The van der Waals surface area contributed by atoms with Crippen LogP contribution in [0.2, 0.25) is 0 Å². The van der Waals surface area contributed by atoms with E-state index >= 15 is 0 Å². The number of halogens is 3. The molecule has 6 nitrogen and oxygen atoms in total. The van der Waals surface area contributed by atoms with Gasteiger partial charge in [0.2, 0.25) is 5.91 Å². The van der Waals surface area contributed by atoms with Gasteiger partial charge >= 0.3 is 6.18 Å². The van der Waals surface area contributed by atoms with E-state index in [0.29, 0.717) is 0 Å². The number of benzene rings is 1. The fourth-order valence-corrected chi connectivity index (χ4v) is 1.58. The molecule has 0 aliphatic rings. The summed E-state index contributed by atoms with van der Waals surface area (Å²) >= 11 is 0. The van der Waals surface area contributed by atoms with Gasteiger partial charge < -0.3 is 11.1 Å². The van der Waals surface area contributed by atoms with Gasteiger partial charge in [-0.15, -0.1) is 0 Å². The van der Waals surface area contributed by atoms with Crippen molar-refractivity contribution in [3.8, 4) is 0 Å². The second-order valence-corrected chi connectivity index (χ2v) is 3.87. The number of nitrogens with two attached hydrogens (primary N) is 1. The zero-order valence-corrected chi connectivity index (χ0v) is 10.3. The van der Waals surface area contributed by atoms with Gasteiger partial charge in [0.25, 0.3) is 0 Å². The van der Waals surface area contributed by atoms with E-state index in [1.54, 1.807) is 0 Å². The summed E-state index contributed by atoms with van der Waals surface area (Å²) in [6.45, 7) is 0.174. The van der Waals surface area contributed by atoms with Crippen molar-refractivity contribution in [3.05, 3.63) is 45.8 Å². The molecule has 0 saturated heterocycles. The molecule has 9 heteroatoms. The maximum absolute atomic E-state index is 12.6. The number of primary amides is 1. The van der Waals surface area contributed by atoms with Crippen molar-refractivity contribution >= 4 is 5.91 Å². The molecule has 0 heterocycles. The molecule has 1 atom stereocenters. The topological polar surface area (TPSA) is 104 Å². The third-order valence-corrected chi connectivity index (χ3v) is 2.46. The summed E-state index contributed by atoms with van der Waals surface area (Å²) < 4.78 is 37.8. The molecule has 1 amide bonds. The van der Waals surface area contributed by atoms with Crippen LogP contribution in [-0.4, -0.2) is 19.0 Å². The first-order valence-electron chi connectivity index (χ1n) is 5.57. The Bertz CT molecular complexity index is 525. The minimum absolute atomic E-state index is 0.0548. The summed E-state index contributed by atoms with van der Waals surface area (Å²) in [6.07, 6.45) is -4.50. The molecule has 20 heavy (non-hydrogen) atoms. The van der Waals surface area contributed by atoms with Gasteiger partial charge in [-0.05, 0) is 23.2 Å². The minimum atomic E-state index is -4.50. The first kappa shape index (κ1) is 15.8. The molecule has 1 aromatic rings. The summed E-state index contributed by atoms with van der Waals surface area (Å²) in [4.78, 5) is 13.8. The summed E-state index contributed by atoms with van der Waals surface area (Å²) in [5.41, 5.74) is 12.5. The predicted molar refractivity (Wildman–Crippen MR) is 65.4 cm³/mol. The maximum Gasteiger partial charge on any atom is 0.416 e. The summed E-state index contributed by atoms with van der Waals surface area (Å²) in [7, 11) is 0. The van der Waals surface area contributed by atoms with Gasteiger partial charge in [0, 0.05) is 18.0 Å². The van der Waals surface area contributed by atoms with E-state index in [1.165, 1.54) is 12.1 Å². The highest BCUT2D eigenvalue weighted by Crippen LogP contribution is 2.30. The van der Waals surface area contributed by atoms with Gasteiger partial charge in [-0.3, -0.25) is 4.79 Å². The van der Waals surface area contributed by atoms with Gasteiger partial charge in [-0.1, -0.05) is 17.2 Å². The zero-order valence-electron chi connectivity index (χ0n) is 10.3. The summed E-state index contributed by atoms with van der Waals surface area (Å²) in [6, 6.07) is 3.25. The standard InChI is InChI=1S/C11H12F3N5O/c12-11(13,14)8-3-1-2-7(6-8)9(10(15)20)17-4-5-18-19-16/h1-3,6,9,17H,4-5H2,(H2,15,20). The van der Waals surface area contributed by atoms with E-state index in [-0.39, 0.29) is 18.7 Å². The molecule has 0 fully saturated rings. The Hall–Kier alpha value is -2.25. The molecule has 0 bridgehead atoms. The second-order valence-electron chi connectivity index (χ2n) is 3.87. The molecule has 1 unspecified atom stereocenters. The van der Waals surface area contributed by atoms with E-state index in [1.807, 2.05) is 0 Å². The molecule has 1 aromatic carbocycles. The van der Waals surface area contributed by atoms with Crippen LogP contribution in [0, 0.1) is 0 Å². The third kappa shape index (κ3) is 4.45. The average molecular weight is 287 g/mol. The van der Waals surface area contributed by atoms with E-state index in [0.717, 1.165) is 12.1 Å². The fourth-order valence-electron chi connectivity index (χ4n) is 1.58. The number of rotatable bonds is 6. The Morgan fingerprint density at radius 2 is 2.20 bits per heavy atom. The van der Waals surface area contributed by atoms with Crippen LogP contribution in [0.15, 0.2) is 29.4 Å². The van der Waals surface area contributed by atoms with Crippen molar-refractivity contribution < 1.29 is 18.0 Å². The molecule has 0 saturated carbocycles. The highest BCUT2D eigenvalue weighted by atomic mass is 19.4. The summed E-state index contributed by atoms with van der Waals surface area (Å²) in [5.74, 6) is -0.815. The van der Waals surface area contributed by atoms with Crippen LogP contribution in [0.4, 0.5) is 13.2 Å². The molecule has 108 valence electrons. The normalized spacial score (nSPS) is 12.6. The van der Waals surface area contributed by atoms with Crippen molar-refractivity contribution in [3.63, 3.8) is 0 Å². The molecule has 3 N–H and O–H groups in total. The van der Waals surface area contributed by atoms with Crippen molar-refractivity contribution in [2.75, 3.05) is 13.1 Å². The Morgan fingerprint density at radius 3 is 2.75 bits per heavy atom. The van der Waals surface area contributed by atoms with Crippen LogP contribution >= 0.6 is 0 Å². The lowest BCUT2D eigenvalue weighted by Gasteiger charge is -2.16. The average Bonchev–Trinajstić information content (AvgIpc) is 2.37. The number of carbonyl (C=O) groups excluding carboxylic acids is 1. The number of nitrogens with one attached hydrogen (secondary N) is 1. The first-order valence-corrected chi connectivity index (χ1v) is 5.57. The number of azide groups is 1. The Balaban J connectivity index is 2.92. The smallest absolute Gasteiger partial charge is 0.368 e. The molecule has 0 aromatic heterocycles. The quantitative estimate of drug-likeness (QED) is 0.362. The van der Waals surface area contributed by atoms with Crippen molar-refractivity contribution in [2.24, 2.45) is 10.8 Å². The largest absolute Gasteiger partial charge is 0.416 e. The first-order chi connectivity index (χ1) is 9.36. The lowest BCUT2D eigenvalue weighted by Crippen LogP contribution is -2.35. The van der Waals surface area contributed by atoms with Crippen LogP contribution in [0.25, 0.3) is 10.4 Å². The van der Waals surface area contributed by atoms with Gasteiger partial charge in [0.1, 0.15) is 6.04 Å². The van der Waals surface area contributed by atoms with E-state index in [9.17, 15) is 18.0 Å². The summed E-state index contributed by atoms with van der Waals surface area (Å²) in [5, 5.41) is 5.88. The van der Waals surface area contributed by atoms with E-state index < -0.39 is 23.7 Å². The maximum atomic E-state index is 12.6. The number of carbonyl (C=O) groups is 1. The number of hydrogen-bond donors (Lipinski definition) is 2. The molecule has 0 spiro atoms. The lowest BCUT2D eigenvalue weighted by atomic mass is 10.0. The van der Waals surface area contributed by atoms with Gasteiger partial charge in [-0.25, -0.2) is 0 Å². The van der Waals surface area contributed by atoms with Gasteiger partial charge in [0.05, 0.1) is 5.56 Å². The number of hydrogen-bond acceptors (Lipinski definition) is 3. The molecule has 0 aliphatic heterocycles. The predicted octanol–water partition coefficient (Wildman–Crippen LogP) is 2.13. The van der Waals surface area contributed by atoms with Crippen LogP contribution in [-0.2, 0) is 11.0 Å². The molecule has 0 radical (unpaired) electrons. The van der Waals surface area contributed by atoms with Crippen LogP contribution in [0.1, 0.15) is 17.2 Å². The van der Waals surface area contributed by atoms with Crippen molar-refractivity contribution in [1.29, 1.82) is 0 Å². The van der Waals surface area contributed by atoms with Gasteiger partial charge in [-0.2, -0.15) is 13.2 Å². The van der Waals surface area contributed by atoms with E-state index in [4.69, 9.17) is 11.3 Å². The molecule has 1 rings (SSSR count). The number of nitrogens with zero attached hydrogens (tertiary/aromatic N) is 3. The monoisotopic (exact) mass is 287 g/mol. The Kier molecular flexibility index (Phi) is 5.36. The van der Waals surface area contributed by atoms with Gasteiger partial charge in [0.15, 0.2) is 0 Å². The van der Waals surface area contributed by atoms with Crippen LogP contribution < -0.4 is 11.1 Å². The Labute approximate surface area is 112 Å². The SMILES string of the molecule is [N-]=[N+]=NCCNC(C(N)=O)c1cccc(C(F)(F)F)c1. The van der Waals surface area contributed by atoms with Crippen molar-refractivity contribution in [2.45, 2.75) is 12.2 Å². The second kappa shape index (κ2) is 6.78. The lowest BCUT2D eigenvalue weighted by molar-refractivity contribution is -0.137. The molecular formula is C11H12F3N5O. The third-order valence-electron chi connectivity index (χ3n) is 2.46. The van der Waals surface area contributed by atoms with E-state index in [2.05, 4.69) is 15.3 Å².